The number of benzene rings is 1. The second-order valence-corrected chi connectivity index (χ2v) is 5.77. The van der Waals surface area contributed by atoms with Crippen molar-refractivity contribution in [2.75, 3.05) is 33.3 Å². The van der Waals surface area contributed by atoms with Crippen LogP contribution in [-0.4, -0.2) is 50.1 Å². The molecule has 0 aliphatic carbocycles. The van der Waals surface area contributed by atoms with Crippen molar-refractivity contribution in [3.8, 4) is 5.75 Å². The maximum atomic E-state index is 11.7. The van der Waals surface area contributed by atoms with E-state index < -0.39 is 0 Å². The van der Waals surface area contributed by atoms with Gasteiger partial charge in [-0.05, 0) is 38.0 Å². The molecule has 0 fully saturated rings. The van der Waals surface area contributed by atoms with E-state index in [0.29, 0.717) is 19.6 Å². The molecule has 1 aromatic carbocycles. The Balaban J connectivity index is 0.00000625. The molecule has 1 aromatic rings. The minimum Gasteiger partial charge on any atom is -0.494 e. The highest BCUT2D eigenvalue weighted by Crippen LogP contribution is 2.13. The number of hydrogen-bond donors (Lipinski definition) is 2. The van der Waals surface area contributed by atoms with Gasteiger partial charge in [0, 0.05) is 33.1 Å². The number of nitrogens with zero attached hydrogens (tertiary/aromatic N) is 2. The Bertz CT molecular complexity index is 535. The van der Waals surface area contributed by atoms with E-state index in [2.05, 4.69) is 32.7 Å². The van der Waals surface area contributed by atoms with E-state index in [1.54, 1.807) is 0 Å². The van der Waals surface area contributed by atoms with Crippen LogP contribution >= 0.6 is 24.0 Å². The average molecular weight is 476 g/mol. The standard InChI is InChI=1S/C19H32N4O2.HI/c1-5-13-21-18(24)12-14-22-19(20-6-2)23(4)15-16-8-10-17(11-9-16)25-7-3;/h8-11H,5-7,12-15H2,1-4H3,(H,20,22)(H,21,24);1H. The van der Waals surface area contributed by atoms with Gasteiger partial charge in [-0.25, -0.2) is 0 Å². The zero-order valence-electron chi connectivity index (χ0n) is 16.4. The summed E-state index contributed by atoms with van der Waals surface area (Å²) in [6.07, 6.45) is 1.36. The van der Waals surface area contributed by atoms with Crippen molar-refractivity contribution in [2.45, 2.75) is 40.2 Å². The molecule has 1 amide bonds. The van der Waals surface area contributed by atoms with Crippen LogP contribution in [0.4, 0.5) is 0 Å². The first kappa shape index (κ1) is 24.5. The van der Waals surface area contributed by atoms with E-state index in [4.69, 9.17) is 4.74 Å². The van der Waals surface area contributed by atoms with Crippen molar-refractivity contribution in [2.24, 2.45) is 4.99 Å². The van der Waals surface area contributed by atoms with E-state index in [-0.39, 0.29) is 29.9 Å². The first-order chi connectivity index (χ1) is 12.1. The Hall–Kier alpha value is -1.51. The normalized spacial score (nSPS) is 10.7. The SMILES string of the molecule is CCCNC(=O)CCN=C(NCC)N(C)Cc1ccc(OCC)cc1.I. The lowest BCUT2D eigenvalue weighted by Gasteiger charge is -2.22. The third-order valence-electron chi connectivity index (χ3n) is 3.52. The molecule has 0 spiro atoms. The molecule has 0 unspecified atom stereocenters. The van der Waals surface area contributed by atoms with Gasteiger partial charge >= 0.3 is 0 Å². The van der Waals surface area contributed by atoms with Gasteiger partial charge in [-0.3, -0.25) is 9.79 Å². The highest BCUT2D eigenvalue weighted by molar-refractivity contribution is 14.0. The van der Waals surface area contributed by atoms with E-state index >= 15 is 0 Å². The molecule has 2 N–H and O–H groups in total. The Morgan fingerprint density at radius 3 is 2.42 bits per heavy atom. The predicted octanol–water partition coefficient (Wildman–Crippen LogP) is 3.02. The molecule has 0 saturated heterocycles. The first-order valence-electron chi connectivity index (χ1n) is 9.08. The topological polar surface area (TPSA) is 66.0 Å². The predicted molar refractivity (Wildman–Crippen MR) is 118 cm³/mol. The Kier molecular flexibility index (Phi) is 13.8. The molecule has 0 saturated carbocycles. The van der Waals surface area contributed by atoms with Crippen LogP contribution < -0.4 is 15.4 Å². The maximum absolute atomic E-state index is 11.7. The van der Waals surface area contributed by atoms with Crippen LogP contribution in [0.2, 0.25) is 0 Å². The van der Waals surface area contributed by atoms with Crippen molar-refractivity contribution < 1.29 is 9.53 Å². The molecule has 148 valence electrons. The number of carbonyl (C=O) groups excluding carboxylic acids is 1. The molecule has 0 aromatic heterocycles. The molecule has 1 rings (SSSR count). The van der Waals surface area contributed by atoms with Gasteiger partial charge in [0.15, 0.2) is 5.96 Å². The number of rotatable bonds is 10. The van der Waals surface area contributed by atoms with Crippen molar-refractivity contribution in [3.05, 3.63) is 29.8 Å². The molecule has 7 heteroatoms. The summed E-state index contributed by atoms with van der Waals surface area (Å²) in [5.41, 5.74) is 1.18. The third kappa shape index (κ3) is 9.84. The average Bonchev–Trinajstić information content (AvgIpc) is 2.61. The number of halogens is 1. The fourth-order valence-corrected chi connectivity index (χ4v) is 2.29. The Morgan fingerprint density at radius 2 is 1.85 bits per heavy atom. The summed E-state index contributed by atoms with van der Waals surface area (Å²) in [5, 5.41) is 6.14. The van der Waals surface area contributed by atoms with Crippen LogP contribution in [0, 0.1) is 0 Å². The number of nitrogens with one attached hydrogen (secondary N) is 2. The molecule has 6 nitrogen and oxygen atoms in total. The summed E-state index contributed by atoms with van der Waals surface area (Å²) < 4.78 is 5.47. The number of hydrogen-bond acceptors (Lipinski definition) is 3. The van der Waals surface area contributed by atoms with Gasteiger partial charge in [-0.2, -0.15) is 0 Å². The lowest BCUT2D eigenvalue weighted by Crippen LogP contribution is -2.38. The zero-order chi connectivity index (χ0) is 18.5. The van der Waals surface area contributed by atoms with Gasteiger partial charge in [-0.1, -0.05) is 19.1 Å². The highest BCUT2D eigenvalue weighted by atomic mass is 127. The number of ether oxygens (including phenoxy) is 1. The van der Waals surface area contributed by atoms with Gasteiger partial charge in [0.25, 0.3) is 0 Å². The zero-order valence-corrected chi connectivity index (χ0v) is 18.7. The van der Waals surface area contributed by atoms with Gasteiger partial charge in [-0.15, -0.1) is 24.0 Å². The van der Waals surface area contributed by atoms with Crippen LogP contribution in [-0.2, 0) is 11.3 Å². The highest BCUT2D eigenvalue weighted by Gasteiger charge is 2.07. The van der Waals surface area contributed by atoms with Crippen molar-refractivity contribution in [1.82, 2.24) is 15.5 Å². The summed E-state index contributed by atoms with van der Waals surface area (Å²) in [6.45, 7) is 9.44. The molecule has 26 heavy (non-hydrogen) atoms. The monoisotopic (exact) mass is 476 g/mol. The second-order valence-electron chi connectivity index (χ2n) is 5.77. The molecule has 0 bridgehead atoms. The van der Waals surface area contributed by atoms with Crippen LogP contribution in [0.1, 0.15) is 39.2 Å². The summed E-state index contributed by atoms with van der Waals surface area (Å²) >= 11 is 0. The van der Waals surface area contributed by atoms with Crippen LogP contribution in [0.3, 0.4) is 0 Å². The van der Waals surface area contributed by atoms with Crippen LogP contribution in [0.5, 0.6) is 5.75 Å². The molecule has 0 aliphatic heterocycles. The Morgan fingerprint density at radius 1 is 1.15 bits per heavy atom. The van der Waals surface area contributed by atoms with Gasteiger partial charge in [0.2, 0.25) is 5.91 Å². The van der Waals surface area contributed by atoms with E-state index in [0.717, 1.165) is 37.8 Å². The molecule has 0 aliphatic rings. The van der Waals surface area contributed by atoms with Crippen LogP contribution in [0.25, 0.3) is 0 Å². The Labute approximate surface area is 174 Å². The molecular weight excluding hydrogens is 443 g/mol. The fraction of sp³-hybridized carbons (Fsp3) is 0.579. The number of carbonyl (C=O) groups is 1. The number of amides is 1. The van der Waals surface area contributed by atoms with Gasteiger partial charge in [0.05, 0.1) is 13.2 Å². The molecular formula is C19H33IN4O2. The van der Waals surface area contributed by atoms with E-state index in [1.165, 1.54) is 5.56 Å². The fourth-order valence-electron chi connectivity index (χ4n) is 2.29. The summed E-state index contributed by atoms with van der Waals surface area (Å²) in [6, 6.07) is 8.08. The quantitative estimate of drug-likeness (QED) is 0.310. The smallest absolute Gasteiger partial charge is 0.221 e. The summed E-state index contributed by atoms with van der Waals surface area (Å²) in [4.78, 5) is 18.3. The summed E-state index contributed by atoms with van der Waals surface area (Å²) in [5.74, 6) is 1.74. The van der Waals surface area contributed by atoms with E-state index in [9.17, 15) is 4.79 Å². The van der Waals surface area contributed by atoms with Crippen molar-refractivity contribution in [3.63, 3.8) is 0 Å². The maximum Gasteiger partial charge on any atom is 0.221 e. The first-order valence-corrected chi connectivity index (χ1v) is 9.08. The second kappa shape index (κ2) is 14.6. The lowest BCUT2D eigenvalue weighted by molar-refractivity contribution is -0.120. The molecule has 0 atom stereocenters. The number of aliphatic imine (C=N–C) groups is 1. The largest absolute Gasteiger partial charge is 0.494 e. The molecule has 0 heterocycles. The van der Waals surface area contributed by atoms with Gasteiger partial charge < -0.3 is 20.3 Å². The van der Waals surface area contributed by atoms with Crippen LogP contribution in [0.15, 0.2) is 29.3 Å². The lowest BCUT2D eigenvalue weighted by atomic mass is 10.2. The van der Waals surface area contributed by atoms with E-state index in [1.807, 2.05) is 40.0 Å². The minimum absolute atomic E-state index is 0. The minimum atomic E-state index is 0. The summed E-state index contributed by atoms with van der Waals surface area (Å²) in [7, 11) is 2.00. The third-order valence-corrected chi connectivity index (χ3v) is 3.52. The van der Waals surface area contributed by atoms with Crippen molar-refractivity contribution in [1.29, 1.82) is 0 Å². The van der Waals surface area contributed by atoms with Gasteiger partial charge in [0.1, 0.15) is 5.75 Å². The van der Waals surface area contributed by atoms with Crippen molar-refractivity contribution >= 4 is 35.8 Å². The molecule has 0 radical (unpaired) electrons. The number of guanidine groups is 1.